The molecule has 1 aliphatic rings. The van der Waals surface area contributed by atoms with Crippen LogP contribution in [0.4, 0.5) is 10.5 Å². The Morgan fingerprint density at radius 1 is 1.25 bits per heavy atom. The number of hydrogen-bond acceptors (Lipinski definition) is 2. The van der Waals surface area contributed by atoms with E-state index in [0.29, 0.717) is 19.6 Å². The number of benzene rings is 1. The van der Waals surface area contributed by atoms with E-state index in [1.54, 1.807) is 9.80 Å². The van der Waals surface area contributed by atoms with E-state index in [1.165, 1.54) is 5.56 Å². The van der Waals surface area contributed by atoms with Crippen LogP contribution in [0.2, 0.25) is 0 Å². The number of β-amino-alcohol motifs (C(OH)–C–C–N with tert-alkyl or cyclic N) is 1. The Morgan fingerprint density at radius 3 is 2.56 bits per heavy atom. The van der Waals surface area contributed by atoms with E-state index in [9.17, 15) is 4.79 Å². The zero-order valence-corrected chi connectivity index (χ0v) is 9.39. The van der Waals surface area contributed by atoms with Gasteiger partial charge in [-0.1, -0.05) is 17.7 Å². The van der Waals surface area contributed by atoms with Crippen molar-refractivity contribution < 1.29 is 9.90 Å². The third-order valence-corrected chi connectivity index (χ3v) is 2.81. The lowest BCUT2D eigenvalue weighted by Gasteiger charge is -2.18. The van der Waals surface area contributed by atoms with Crippen molar-refractivity contribution in [3.05, 3.63) is 29.8 Å². The van der Waals surface area contributed by atoms with E-state index in [1.807, 2.05) is 31.2 Å². The maximum atomic E-state index is 11.9. The number of carbonyl (C=O) groups excluding carboxylic acids is 1. The Hall–Kier alpha value is -1.55. The number of aliphatic hydroxyl groups excluding tert-OH is 1. The van der Waals surface area contributed by atoms with Gasteiger partial charge in [0.1, 0.15) is 0 Å². The van der Waals surface area contributed by atoms with Crippen LogP contribution in [-0.4, -0.2) is 42.3 Å². The fraction of sp³-hybridized carbons (Fsp3) is 0.417. The summed E-state index contributed by atoms with van der Waals surface area (Å²) in [4.78, 5) is 15.3. The van der Waals surface area contributed by atoms with Gasteiger partial charge >= 0.3 is 6.03 Å². The van der Waals surface area contributed by atoms with Gasteiger partial charge in [-0.3, -0.25) is 4.90 Å². The highest BCUT2D eigenvalue weighted by Gasteiger charge is 2.28. The molecule has 1 aromatic carbocycles. The van der Waals surface area contributed by atoms with Crippen molar-refractivity contribution in [1.82, 2.24) is 4.90 Å². The number of carbonyl (C=O) groups is 1. The predicted octanol–water partition coefficient (Wildman–Crippen LogP) is 1.23. The van der Waals surface area contributed by atoms with Crippen LogP contribution >= 0.6 is 0 Å². The topological polar surface area (TPSA) is 43.8 Å². The fourth-order valence-corrected chi connectivity index (χ4v) is 1.88. The number of rotatable bonds is 3. The van der Waals surface area contributed by atoms with Crippen molar-refractivity contribution in [1.29, 1.82) is 0 Å². The maximum Gasteiger partial charge on any atom is 0.324 e. The van der Waals surface area contributed by atoms with Crippen molar-refractivity contribution >= 4 is 11.7 Å². The Morgan fingerprint density at radius 2 is 1.94 bits per heavy atom. The average Bonchev–Trinajstić information content (AvgIpc) is 2.63. The predicted molar refractivity (Wildman–Crippen MR) is 62.6 cm³/mol. The first-order chi connectivity index (χ1) is 7.72. The highest BCUT2D eigenvalue weighted by molar-refractivity contribution is 5.94. The van der Waals surface area contributed by atoms with Gasteiger partial charge < -0.3 is 10.0 Å². The Labute approximate surface area is 95.1 Å². The first-order valence-corrected chi connectivity index (χ1v) is 5.46. The highest BCUT2D eigenvalue weighted by atomic mass is 16.3. The first-order valence-electron chi connectivity index (χ1n) is 5.46. The lowest BCUT2D eigenvalue weighted by Crippen LogP contribution is -2.33. The van der Waals surface area contributed by atoms with E-state index in [4.69, 9.17) is 5.11 Å². The summed E-state index contributed by atoms with van der Waals surface area (Å²) in [5, 5.41) is 8.83. The third-order valence-electron chi connectivity index (χ3n) is 2.81. The number of amides is 2. The smallest absolute Gasteiger partial charge is 0.324 e. The van der Waals surface area contributed by atoms with Gasteiger partial charge in [0.2, 0.25) is 0 Å². The lowest BCUT2D eigenvalue weighted by atomic mass is 10.2. The van der Waals surface area contributed by atoms with Crippen LogP contribution in [0.3, 0.4) is 0 Å². The first kappa shape index (κ1) is 11.0. The van der Waals surface area contributed by atoms with Gasteiger partial charge in [0.05, 0.1) is 6.61 Å². The molecule has 0 radical (unpaired) electrons. The van der Waals surface area contributed by atoms with Crippen molar-refractivity contribution in [3.8, 4) is 0 Å². The molecule has 1 saturated heterocycles. The zero-order chi connectivity index (χ0) is 11.5. The molecule has 0 aromatic heterocycles. The van der Waals surface area contributed by atoms with Gasteiger partial charge in [0, 0.05) is 25.3 Å². The van der Waals surface area contributed by atoms with Crippen LogP contribution in [0, 0.1) is 6.92 Å². The quantitative estimate of drug-likeness (QED) is 0.832. The van der Waals surface area contributed by atoms with Crippen molar-refractivity contribution in [2.24, 2.45) is 0 Å². The summed E-state index contributed by atoms with van der Waals surface area (Å²) in [6.45, 7) is 3.84. The second kappa shape index (κ2) is 4.53. The lowest BCUT2D eigenvalue weighted by molar-refractivity contribution is 0.199. The van der Waals surface area contributed by atoms with E-state index in [2.05, 4.69) is 0 Å². The summed E-state index contributed by atoms with van der Waals surface area (Å²) < 4.78 is 0. The molecule has 1 aliphatic heterocycles. The number of hydrogen-bond donors (Lipinski definition) is 1. The monoisotopic (exact) mass is 220 g/mol. The summed E-state index contributed by atoms with van der Waals surface area (Å²) in [6.07, 6.45) is 0. The molecular weight excluding hydrogens is 204 g/mol. The van der Waals surface area contributed by atoms with Gasteiger partial charge in [0.15, 0.2) is 0 Å². The van der Waals surface area contributed by atoms with Crippen LogP contribution in [0.1, 0.15) is 5.56 Å². The number of nitrogens with zero attached hydrogens (tertiary/aromatic N) is 2. The van der Waals surface area contributed by atoms with Crippen LogP contribution in [0.5, 0.6) is 0 Å². The Kier molecular flexibility index (Phi) is 3.10. The molecule has 0 atom stereocenters. The van der Waals surface area contributed by atoms with Crippen molar-refractivity contribution in [2.45, 2.75) is 6.92 Å². The van der Waals surface area contributed by atoms with E-state index in [-0.39, 0.29) is 12.6 Å². The largest absolute Gasteiger partial charge is 0.395 e. The third kappa shape index (κ3) is 2.02. The molecule has 0 bridgehead atoms. The molecule has 4 heteroatoms. The van der Waals surface area contributed by atoms with Gasteiger partial charge in [-0.15, -0.1) is 0 Å². The van der Waals surface area contributed by atoms with Gasteiger partial charge in [-0.05, 0) is 19.1 Å². The molecule has 2 amide bonds. The molecule has 86 valence electrons. The molecule has 1 heterocycles. The van der Waals surface area contributed by atoms with Crippen LogP contribution in [-0.2, 0) is 0 Å². The van der Waals surface area contributed by atoms with Crippen LogP contribution < -0.4 is 4.90 Å². The summed E-state index contributed by atoms with van der Waals surface area (Å²) in [5.74, 6) is 0. The minimum Gasteiger partial charge on any atom is -0.395 e. The molecule has 0 aliphatic carbocycles. The molecule has 0 unspecified atom stereocenters. The second-order valence-electron chi connectivity index (χ2n) is 3.98. The highest BCUT2D eigenvalue weighted by Crippen LogP contribution is 2.20. The molecule has 1 fully saturated rings. The number of anilines is 1. The Bertz CT molecular complexity index is 375. The molecule has 1 N–H and O–H groups in total. The van der Waals surface area contributed by atoms with Crippen LogP contribution in [0.15, 0.2) is 24.3 Å². The SMILES string of the molecule is Cc1ccc(N2CCN(CCO)C2=O)cc1. The van der Waals surface area contributed by atoms with Crippen molar-refractivity contribution in [3.63, 3.8) is 0 Å². The Balaban J connectivity index is 2.12. The molecule has 0 saturated carbocycles. The summed E-state index contributed by atoms with van der Waals surface area (Å²) in [7, 11) is 0. The fourth-order valence-electron chi connectivity index (χ4n) is 1.88. The summed E-state index contributed by atoms with van der Waals surface area (Å²) in [6, 6.07) is 7.89. The van der Waals surface area contributed by atoms with E-state index < -0.39 is 0 Å². The molecule has 1 aromatic rings. The standard InChI is InChI=1S/C12H16N2O2/c1-10-2-4-11(5-3-10)14-7-6-13(8-9-15)12(14)16/h2-5,15H,6-9H2,1H3. The second-order valence-corrected chi connectivity index (χ2v) is 3.98. The normalized spacial score (nSPS) is 16.0. The summed E-state index contributed by atoms with van der Waals surface area (Å²) >= 11 is 0. The van der Waals surface area contributed by atoms with Crippen molar-refractivity contribution in [2.75, 3.05) is 31.1 Å². The average molecular weight is 220 g/mol. The van der Waals surface area contributed by atoms with Gasteiger partial charge in [-0.2, -0.15) is 0 Å². The minimum atomic E-state index is -0.0158. The van der Waals surface area contributed by atoms with Gasteiger partial charge in [0.25, 0.3) is 0 Å². The maximum absolute atomic E-state index is 11.9. The number of urea groups is 1. The van der Waals surface area contributed by atoms with E-state index in [0.717, 1.165) is 5.69 Å². The van der Waals surface area contributed by atoms with Gasteiger partial charge in [-0.25, -0.2) is 4.79 Å². The number of aryl methyl sites for hydroxylation is 1. The van der Waals surface area contributed by atoms with Crippen LogP contribution in [0.25, 0.3) is 0 Å². The molecule has 2 rings (SSSR count). The molecule has 16 heavy (non-hydrogen) atoms. The zero-order valence-electron chi connectivity index (χ0n) is 9.39. The molecule has 4 nitrogen and oxygen atoms in total. The minimum absolute atomic E-state index is 0.0158. The summed E-state index contributed by atoms with van der Waals surface area (Å²) in [5.41, 5.74) is 2.11. The molecule has 0 spiro atoms. The molecular formula is C12H16N2O2. The number of aliphatic hydroxyl groups is 1. The van der Waals surface area contributed by atoms with E-state index >= 15 is 0 Å².